The lowest BCUT2D eigenvalue weighted by atomic mass is 9.60. The third-order valence-electron chi connectivity index (χ3n) is 4.77. The summed E-state index contributed by atoms with van der Waals surface area (Å²) in [6, 6.07) is 8.30. The van der Waals surface area contributed by atoms with Crippen LogP contribution in [0.2, 0.25) is 0 Å². The topological polar surface area (TPSA) is 38.3 Å². The Hall–Kier alpha value is -0.870. The van der Waals surface area contributed by atoms with Gasteiger partial charge in [0.2, 0.25) is 5.91 Å². The third-order valence-corrected chi connectivity index (χ3v) is 5.30. The first-order chi connectivity index (χ1) is 9.68. The molecular formula is C16H20BrNO2. The summed E-state index contributed by atoms with van der Waals surface area (Å²) in [5, 5.41) is 3.23. The number of hydrogen-bond acceptors (Lipinski definition) is 2. The lowest BCUT2D eigenvalue weighted by molar-refractivity contribution is -0.126. The van der Waals surface area contributed by atoms with Crippen LogP contribution in [0.15, 0.2) is 28.7 Å². The summed E-state index contributed by atoms with van der Waals surface area (Å²) in [7, 11) is 0. The van der Waals surface area contributed by atoms with E-state index in [0.717, 1.165) is 42.5 Å². The van der Waals surface area contributed by atoms with Crippen molar-refractivity contribution in [2.45, 2.75) is 38.1 Å². The summed E-state index contributed by atoms with van der Waals surface area (Å²) >= 11 is 3.41. The largest absolute Gasteiger partial charge is 0.381 e. The maximum Gasteiger partial charge on any atom is 0.224 e. The van der Waals surface area contributed by atoms with Crippen LogP contribution in [-0.4, -0.2) is 25.2 Å². The van der Waals surface area contributed by atoms with Crippen LogP contribution in [0.25, 0.3) is 0 Å². The number of carbonyl (C=O) groups is 1. The number of amides is 1. The summed E-state index contributed by atoms with van der Waals surface area (Å²) < 4.78 is 6.49. The van der Waals surface area contributed by atoms with Crippen molar-refractivity contribution >= 4 is 21.8 Å². The van der Waals surface area contributed by atoms with Gasteiger partial charge in [0.1, 0.15) is 0 Å². The Labute approximate surface area is 128 Å². The standard InChI is InChI=1S/C16H20BrNO2/c17-13-3-1-12(2-4-13)11-15(19)18-14-5-6-16(14)7-9-20-10-8-16/h1-4,14H,5-11H2,(H,18,19). The molecule has 1 N–H and O–H groups in total. The van der Waals surface area contributed by atoms with E-state index in [4.69, 9.17) is 4.74 Å². The Morgan fingerprint density at radius 3 is 2.55 bits per heavy atom. The first-order valence-electron chi connectivity index (χ1n) is 7.30. The van der Waals surface area contributed by atoms with Crippen molar-refractivity contribution in [3.05, 3.63) is 34.3 Å². The SMILES string of the molecule is O=C(Cc1ccc(Br)cc1)NC1CCC12CCOCC2. The normalized spacial score (nSPS) is 24.1. The maximum atomic E-state index is 12.2. The molecule has 4 heteroatoms. The van der Waals surface area contributed by atoms with E-state index in [1.54, 1.807) is 0 Å². The second kappa shape index (κ2) is 5.86. The van der Waals surface area contributed by atoms with Crippen molar-refractivity contribution in [1.29, 1.82) is 0 Å². The molecule has 2 fully saturated rings. The highest BCUT2D eigenvalue weighted by molar-refractivity contribution is 9.10. The average Bonchev–Trinajstić information content (AvgIpc) is 2.47. The molecule has 1 aromatic carbocycles. The molecule has 0 bridgehead atoms. The smallest absolute Gasteiger partial charge is 0.224 e. The molecule has 3 nitrogen and oxygen atoms in total. The van der Waals surface area contributed by atoms with Crippen LogP contribution in [0.3, 0.4) is 0 Å². The summed E-state index contributed by atoms with van der Waals surface area (Å²) in [4.78, 5) is 12.2. The van der Waals surface area contributed by atoms with Crippen LogP contribution in [0.1, 0.15) is 31.2 Å². The maximum absolute atomic E-state index is 12.2. The van der Waals surface area contributed by atoms with Crippen LogP contribution in [-0.2, 0) is 16.0 Å². The zero-order chi connectivity index (χ0) is 14.0. The van der Waals surface area contributed by atoms with Crippen molar-refractivity contribution in [2.24, 2.45) is 5.41 Å². The molecule has 3 rings (SSSR count). The molecule has 0 radical (unpaired) electrons. The number of nitrogens with one attached hydrogen (secondary N) is 1. The van der Waals surface area contributed by atoms with Gasteiger partial charge in [-0.15, -0.1) is 0 Å². The van der Waals surface area contributed by atoms with E-state index in [0.29, 0.717) is 17.9 Å². The van der Waals surface area contributed by atoms with Gasteiger partial charge in [0, 0.05) is 23.7 Å². The first kappa shape index (κ1) is 14.1. The molecule has 1 amide bonds. The van der Waals surface area contributed by atoms with Gasteiger partial charge in [-0.2, -0.15) is 0 Å². The number of ether oxygens (including phenoxy) is 1. The minimum atomic E-state index is 0.142. The molecule has 0 aromatic heterocycles. The Morgan fingerprint density at radius 1 is 1.25 bits per heavy atom. The van der Waals surface area contributed by atoms with Gasteiger partial charge in [-0.05, 0) is 48.8 Å². The number of benzene rings is 1. The van der Waals surface area contributed by atoms with E-state index in [-0.39, 0.29) is 5.91 Å². The van der Waals surface area contributed by atoms with Gasteiger partial charge in [-0.1, -0.05) is 28.1 Å². The summed E-state index contributed by atoms with van der Waals surface area (Å²) in [6.45, 7) is 1.69. The van der Waals surface area contributed by atoms with Crippen LogP contribution < -0.4 is 5.32 Å². The van der Waals surface area contributed by atoms with Gasteiger partial charge < -0.3 is 10.1 Å². The Bertz CT molecular complexity index is 480. The monoisotopic (exact) mass is 337 g/mol. The van der Waals surface area contributed by atoms with E-state index < -0.39 is 0 Å². The van der Waals surface area contributed by atoms with Crippen LogP contribution >= 0.6 is 15.9 Å². The molecule has 1 aliphatic carbocycles. The number of hydrogen-bond donors (Lipinski definition) is 1. The van der Waals surface area contributed by atoms with Gasteiger partial charge in [0.05, 0.1) is 6.42 Å². The van der Waals surface area contributed by atoms with Gasteiger partial charge >= 0.3 is 0 Å². The number of rotatable bonds is 3. The van der Waals surface area contributed by atoms with Crippen LogP contribution in [0.5, 0.6) is 0 Å². The van der Waals surface area contributed by atoms with Crippen molar-refractivity contribution in [3.63, 3.8) is 0 Å². The quantitative estimate of drug-likeness (QED) is 0.920. The highest BCUT2D eigenvalue weighted by atomic mass is 79.9. The predicted octanol–water partition coefficient (Wildman–Crippen LogP) is 3.07. The molecule has 2 aliphatic rings. The average molecular weight is 338 g/mol. The molecular weight excluding hydrogens is 318 g/mol. The predicted molar refractivity (Wildman–Crippen MR) is 81.5 cm³/mol. The molecule has 1 atom stereocenters. The molecule has 1 spiro atoms. The molecule has 1 heterocycles. The van der Waals surface area contributed by atoms with Crippen LogP contribution in [0.4, 0.5) is 0 Å². The van der Waals surface area contributed by atoms with Gasteiger partial charge in [-0.25, -0.2) is 0 Å². The summed E-state index contributed by atoms with van der Waals surface area (Å²) in [5.41, 5.74) is 1.39. The zero-order valence-corrected chi connectivity index (χ0v) is 13.1. The lowest BCUT2D eigenvalue weighted by Crippen LogP contribution is -2.57. The molecule has 1 saturated heterocycles. The second-order valence-electron chi connectivity index (χ2n) is 5.94. The third kappa shape index (κ3) is 2.91. The molecule has 1 unspecified atom stereocenters. The second-order valence-corrected chi connectivity index (χ2v) is 6.85. The lowest BCUT2D eigenvalue weighted by Gasteiger charge is -2.52. The van der Waals surface area contributed by atoms with Gasteiger partial charge in [0.15, 0.2) is 0 Å². The molecule has 108 valence electrons. The minimum Gasteiger partial charge on any atom is -0.381 e. The van der Waals surface area contributed by atoms with E-state index >= 15 is 0 Å². The highest BCUT2D eigenvalue weighted by Gasteiger charge is 2.47. The Kier molecular flexibility index (Phi) is 4.13. The minimum absolute atomic E-state index is 0.142. The van der Waals surface area contributed by atoms with Crippen molar-refractivity contribution < 1.29 is 9.53 Å². The Balaban J connectivity index is 1.55. The van der Waals surface area contributed by atoms with Gasteiger partial charge in [-0.3, -0.25) is 4.79 Å². The molecule has 1 aromatic rings. The molecule has 1 saturated carbocycles. The Morgan fingerprint density at radius 2 is 1.95 bits per heavy atom. The first-order valence-corrected chi connectivity index (χ1v) is 8.09. The fourth-order valence-electron chi connectivity index (χ4n) is 3.33. The van der Waals surface area contributed by atoms with E-state index in [1.165, 1.54) is 6.42 Å². The van der Waals surface area contributed by atoms with E-state index in [2.05, 4.69) is 21.2 Å². The zero-order valence-electron chi connectivity index (χ0n) is 11.5. The van der Waals surface area contributed by atoms with Crippen molar-refractivity contribution in [3.8, 4) is 0 Å². The fraction of sp³-hybridized carbons (Fsp3) is 0.562. The highest BCUT2D eigenvalue weighted by Crippen LogP contribution is 2.48. The van der Waals surface area contributed by atoms with Crippen LogP contribution in [0, 0.1) is 5.41 Å². The van der Waals surface area contributed by atoms with Gasteiger partial charge in [0.25, 0.3) is 0 Å². The fourth-order valence-corrected chi connectivity index (χ4v) is 3.60. The number of carbonyl (C=O) groups excluding carboxylic acids is 1. The van der Waals surface area contributed by atoms with E-state index in [1.807, 2.05) is 24.3 Å². The number of halogens is 1. The molecule has 1 aliphatic heterocycles. The van der Waals surface area contributed by atoms with Crippen molar-refractivity contribution in [1.82, 2.24) is 5.32 Å². The summed E-state index contributed by atoms with van der Waals surface area (Å²) in [5.74, 6) is 0.142. The van der Waals surface area contributed by atoms with Crippen molar-refractivity contribution in [2.75, 3.05) is 13.2 Å². The molecule has 20 heavy (non-hydrogen) atoms. The summed E-state index contributed by atoms with van der Waals surface area (Å²) in [6.07, 6.45) is 5.01. The van der Waals surface area contributed by atoms with E-state index in [9.17, 15) is 4.79 Å².